The second kappa shape index (κ2) is 10.5. The highest BCUT2D eigenvalue weighted by Crippen LogP contribution is 2.20. The van der Waals surface area contributed by atoms with Crippen molar-refractivity contribution in [3.05, 3.63) is 100 Å². The number of benzene rings is 2. The third kappa shape index (κ3) is 5.34. The number of carbonyl (C=O) groups excluding carboxylic acids is 1. The van der Waals surface area contributed by atoms with Crippen molar-refractivity contribution in [2.75, 3.05) is 5.73 Å². The van der Waals surface area contributed by atoms with Gasteiger partial charge in [0.15, 0.2) is 11.5 Å². The van der Waals surface area contributed by atoms with Crippen molar-refractivity contribution in [1.82, 2.24) is 19.2 Å². The van der Waals surface area contributed by atoms with Gasteiger partial charge in [-0.2, -0.15) is 13.2 Å². The maximum Gasteiger partial charge on any atom is 0.458 e. The fraction of sp³-hybridized carbons (Fsp3) is 0.111. The molecule has 5 aromatic rings. The summed E-state index contributed by atoms with van der Waals surface area (Å²) in [7, 11) is 0. The van der Waals surface area contributed by atoms with Crippen molar-refractivity contribution in [2.45, 2.75) is 19.5 Å². The number of aryl methyl sites for hydroxylation is 1. The number of rotatable bonds is 3. The van der Waals surface area contributed by atoms with Crippen LogP contribution in [0.4, 0.5) is 19.0 Å². The van der Waals surface area contributed by atoms with E-state index in [1.54, 1.807) is 54.9 Å². The van der Waals surface area contributed by atoms with E-state index in [4.69, 9.17) is 11.5 Å². The topological polar surface area (TPSA) is 121 Å². The Bertz CT molecular complexity index is 1760. The quantitative estimate of drug-likeness (QED) is 0.351. The molecule has 0 saturated heterocycles. The first kappa shape index (κ1) is 26.0. The largest absolute Gasteiger partial charge is 0.458 e. The molecule has 3 aromatic heterocycles. The lowest BCUT2D eigenvalue weighted by atomic mass is 10.0. The van der Waals surface area contributed by atoms with Gasteiger partial charge in [-0.15, -0.1) is 5.10 Å². The lowest BCUT2D eigenvalue weighted by Crippen LogP contribution is -2.22. The molecular weight excluding hydrogens is 497 g/mol. The first-order valence-corrected chi connectivity index (χ1v) is 11.3. The minimum absolute atomic E-state index is 0.0761. The maximum atomic E-state index is 13.1. The number of nitrogens with zero attached hydrogens (tertiary/aromatic N) is 4. The van der Waals surface area contributed by atoms with Gasteiger partial charge in [-0.25, -0.2) is 9.50 Å². The minimum atomic E-state index is -4.61. The molecule has 0 radical (unpaired) electrons. The molecule has 8 nitrogen and oxygen atoms in total. The number of para-hydroxylation sites is 1. The number of hydrogen-bond acceptors (Lipinski definition) is 5. The molecule has 4 N–H and O–H groups in total. The Labute approximate surface area is 214 Å². The number of halogens is 3. The van der Waals surface area contributed by atoms with Crippen LogP contribution in [0, 0.1) is 11.8 Å². The number of amides is 1. The van der Waals surface area contributed by atoms with Gasteiger partial charge in [-0.1, -0.05) is 43.2 Å². The van der Waals surface area contributed by atoms with Crippen molar-refractivity contribution in [2.24, 2.45) is 5.73 Å². The molecule has 3 heterocycles. The third-order valence-electron chi connectivity index (χ3n) is 5.51. The number of anilines is 1. The van der Waals surface area contributed by atoms with Gasteiger partial charge in [-0.3, -0.25) is 14.2 Å². The zero-order chi connectivity index (χ0) is 27.4. The SMILES string of the molecule is CCc1cc2cccc(C#CC(F)(F)F)c2c(=O)n1-c1ccccc1.NC(=O)c1c(N)nn2cccnc12. The van der Waals surface area contributed by atoms with Crippen LogP contribution in [0.1, 0.15) is 28.5 Å². The summed E-state index contributed by atoms with van der Waals surface area (Å²) < 4.78 is 40.3. The molecule has 11 heteroatoms. The van der Waals surface area contributed by atoms with Gasteiger partial charge in [0.05, 0.1) is 5.39 Å². The normalized spacial score (nSPS) is 10.9. The molecule has 38 heavy (non-hydrogen) atoms. The van der Waals surface area contributed by atoms with Gasteiger partial charge in [0.2, 0.25) is 0 Å². The number of nitrogen functional groups attached to an aromatic ring is 1. The zero-order valence-corrected chi connectivity index (χ0v) is 20.0. The van der Waals surface area contributed by atoms with Crippen LogP contribution in [0.25, 0.3) is 22.1 Å². The van der Waals surface area contributed by atoms with Gasteiger partial charge in [-0.05, 0) is 42.1 Å². The number of nitrogens with two attached hydrogens (primary N) is 2. The van der Waals surface area contributed by atoms with Crippen LogP contribution < -0.4 is 17.0 Å². The number of pyridine rings is 1. The summed E-state index contributed by atoms with van der Waals surface area (Å²) in [5, 5.41) is 4.65. The van der Waals surface area contributed by atoms with E-state index in [2.05, 4.69) is 16.0 Å². The van der Waals surface area contributed by atoms with Crippen molar-refractivity contribution in [3.8, 4) is 17.5 Å². The molecule has 0 aliphatic rings. The predicted molar refractivity (Wildman–Crippen MR) is 138 cm³/mol. The number of aromatic nitrogens is 4. The Balaban J connectivity index is 0.000000216. The van der Waals surface area contributed by atoms with E-state index in [1.165, 1.54) is 21.1 Å². The van der Waals surface area contributed by atoms with Gasteiger partial charge in [0.1, 0.15) is 5.56 Å². The molecule has 0 aliphatic heterocycles. The van der Waals surface area contributed by atoms with Crippen LogP contribution in [-0.4, -0.2) is 31.2 Å². The Kier molecular flexibility index (Phi) is 7.16. The van der Waals surface area contributed by atoms with Crippen LogP contribution in [0.2, 0.25) is 0 Å². The monoisotopic (exact) mass is 518 g/mol. The van der Waals surface area contributed by atoms with E-state index in [9.17, 15) is 22.8 Å². The second-order valence-electron chi connectivity index (χ2n) is 8.00. The minimum Gasteiger partial charge on any atom is -0.381 e. The molecule has 1 amide bonds. The highest BCUT2D eigenvalue weighted by molar-refractivity contribution is 6.03. The van der Waals surface area contributed by atoms with Gasteiger partial charge >= 0.3 is 6.18 Å². The first-order chi connectivity index (χ1) is 18.1. The van der Waals surface area contributed by atoms with Crippen molar-refractivity contribution < 1.29 is 18.0 Å². The molecule has 0 bridgehead atoms. The lowest BCUT2D eigenvalue weighted by Gasteiger charge is -2.14. The van der Waals surface area contributed by atoms with Crippen molar-refractivity contribution >= 4 is 28.1 Å². The van der Waals surface area contributed by atoms with Crippen LogP contribution >= 0.6 is 0 Å². The average molecular weight is 518 g/mol. The highest BCUT2D eigenvalue weighted by Gasteiger charge is 2.23. The maximum absolute atomic E-state index is 13.1. The lowest BCUT2D eigenvalue weighted by molar-refractivity contribution is -0.0696. The first-order valence-electron chi connectivity index (χ1n) is 11.3. The van der Waals surface area contributed by atoms with E-state index in [0.29, 0.717) is 23.1 Å². The summed E-state index contributed by atoms with van der Waals surface area (Å²) in [6.07, 6.45) is -0.809. The zero-order valence-electron chi connectivity index (χ0n) is 20.0. The Hall–Kier alpha value is -5.11. The van der Waals surface area contributed by atoms with Crippen LogP contribution in [0.5, 0.6) is 0 Å². The highest BCUT2D eigenvalue weighted by atomic mass is 19.4. The van der Waals surface area contributed by atoms with Crippen LogP contribution in [0.3, 0.4) is 0 Å². The summed E-state index contributed by atoms with van der Waals surface area (Å²) in [6.45, 7) is 1.92. The van der Waals surface area contributed by atoms with E-state index in [0.717, 1.165) is 5.69 Å². The predicted octanol–water partition coefficient (Wildman–Crippen LogP) is 3.88. The summed E-state index contributed by atoms with van der Waals surface area (Å²) in [5.74, 6) is 2.83. The van der Waals surface area contributed by atoms with Crippen molar-refractivity contribution in [1.29, 1.82) is 0 Å². The van der Waals surface area contributed by atoms with Crippen molar-refractivity contribution in [3.63, 3.8) is 0 Å². The molecule has 0 saturated carbocycles. The molecule has 2 aromatic carbocycles. The van der Waals surface area contributed by atoms with Gasteiger partial charge in [0, 0.05) is 35.3 Å². The van der Waals surface area contributed by atoms with Crippen LogP contribution in [-0.2, 0) is 6.42 Å². The number of hydrogen-bond donors (Lipinski definition) is 2. The van der Waals surface area contributed by atoms with Crippen LogP contribution in [0.15, 0.2) is 77.9 Å². The molecule has 5 rings (SSSR count). The standard InChI is InChI=1S/C20H14F3NO.C7H7N5O/c1-2-16-13-15-8-6-7-14(11-12-20(21,22)23)18(15)19(25)24(16)17-9-4-3-5-10-17;8-5-4(6(9)13)7-10-2-1-3-12(7)11-5/h3-10,13H,2H2,1H3;1-3H,(H2,8,11)(H2,9,13). The molecule has 0 fully saturated rings. The number of primary amides is 1. The Morgan fingerprint density at radius 3 is 2.47 bits per heavy atom. The van der Waals surface area contributed by atoms with E-state index < -0.39 is 12.1 Å². The van der Waals surface area contributed by atoms with Gasteiger partial charge in [0.25, 0.3) is 11.5 Å². The Morgan fingerprint density at radius 1 is 1.08 bits per heavy atom. The molecular formula is C27H21F3N6O2. The molecule has 0 atom stereocenters. The van der Waals surface area contributed by atoms with Gasteiger partial charge < -0.3 is 11.5 Å². The molecule has 0 unspecified atom stereocenters. The summed E-state index contributed by atoms with van der Waals surface area (Å²) >= 11 is 0. The molecule has 0 spiro atoms. The number of carbonyl (C=O) groups is 1. The number of alkyl halides is 3. The molecule has 0 aliphatic carbocycles. The fourth-order valence-corrected chi connectivity index (χ4v) is 3.92. The van der Waals surface area contributed by atoms with E-state index in [-0.39, 0.29) is 27.9 Å². The second-order valence-corrected chi connectivity index (χ2v) is 8.00. The number of fused-ring (bicyclic) bond motifs is 2. The van der Waals surface area contributed by atoms with E-state index >= 15 is 0 Å². The summed E-state index contributed by atoms with van der Waals surface area (Å²) in [6, 6.07) is 17.3. The third-order valence-corrected chi connectivity index (χ3v) is 5.51. The molecule has 192 valence electrons. The fourth-order valence-electron chi connectivity index (χ4n) is 3.92. The smallest absolute Gasteiger partial charge is 0.381 e. The summed E-state index contributed by atoms with van der Waals surface area (Å²) in [4.78, 5) is 28.0. The average Bonchev–Trinajstić information content (AvgIpc) is 3.23. The Morgan fingerprint density at radius 2 is 1.82 bits per heavy atom. The van der Waals surface area contributed by atoms with E-state index in [1.807, 2.05) is 19.1 Å². The summed E-state index contributed by atoms with van der Waals surface area (Å²) in [5.41, 5.74) is 12.3.